The summed E-state index contributed by atoms with van der Waals surface area (Å²) in [6, 6.07) is 25.3. The van der Waals surface area contributed by atoms with Crippen LogP contribution in [0.25, 0.3) is 0 Å². The van der Waals surface area contributed by atoms with Crippen molar-refractivity contribution >= 4 is 23.5 Å². The quantitative estimate of drug-likeness (QED) is 0.0368. The Bertz CT molecular complexity index is 2320. The van der Waals surface area contributed by atoms with E-state index < -0.39 is 23.7 Å². The van der Waals surface area contributed by atoms with Gasteiger partial charge in [-0.1, -0.05) is 125 Å². The van der Waals surface area contributed by atoms with Gasteiger partial charge >= 0.3 is 5.97 Å². The fraction of sp³-hybridized carbons (Fsp3) is 0.607. The highest BCUT2D eigenvalue weighted by Gasteiger charge is 2.59. The lowest BCUT2D eigenvalue weighted by molar-refractivity contribution is -0.150. The highest BCUT2D eigenvalue weighted by molar-refractivity contribution is 5.88. The van der Waals surface area contributed by atoms with Crippen LogP contribution in [0.15, 0.2) is 95.7 Å². The molecule has 9 atom stereocenters. The maximum atomic E-state index is 14.4. The summed E-state index contributed by atoms with van der Waals surface area (Å²) in [6.07, 6.45) is 16.1. The number of esters is 1. The standard InChI is InChI=1S/C61H83N3O8/c1-41(2)13-12-14-42(3)53-27-28-54-52-26-21-46-37-47(31-34-59(46,4)55(52)32-35-60(53,54)5)63-71-36-33-57(66)64-39-51(72-58(67)30-29-56(65)62-6)38-48(64)40-70-61(43-15-10-9-11-16-43,44-17-22-49(68-7)23-18-44)45-19-24-50(69-8)25-20-45/h9-11,15-25,41-42,48,51-55H,12-14,26-40H2,1-8H3,(H,62,65)/t42-,48+,51-,52?,53-,54?,55?,59+,60-/m1/s1. The van der Waals surface area contributed by atoms with E-state index in [1.54, 1.807) is 31.7 Å². The first-order valence-corrected chi connectivity index (χ1v) is 27.3. The van der Waals surface area contributed by atoms with Gasteiger partial charge in [-0.15, -0.1) is 0 Å². The number of nitrogens with one attached hydrogen (secondary N) is 1. The van der Waals surface area contributed by atoms with Gasteiger partial charge in [-0.2, -0.15) is 0 Å². The molecule has 390 valence electrons. The predicted octanol–water partition coefficient (Wildman–Crippen LogP) is 11.9. The summed E-state index contributed by atoms with van der Waals surface area (Å²) in [6.45, 7) is 13.0. The number of fused-ring (bicyclic) bond motifs is 5. The van der Waals surface area contributed by atoms with Crippen LogP contribution in [-0.2, 0) is 34.3 Å². The Morgan fingerprint density at radius 1 is 0.819 bits per heavy atom. The van der Waals surface area contributed by atoms with Gasteiger partial charge in [0.2, 0.25) is 11.8 Å². The molecule has 3 saturated carbocycles. The summed E-state index contributed by atoms with van der Waals surface area (Å²) < 4.78 is 24.3. The molecule has 0 bridgehead atoms. The SMILES string of the molecule is CNC(=O)CCC(=O)O[C@@H]1C[C@@H](COC(c2ccccc2)(c2ccc(OC)cc2)c2ccc(OC)cc2)N(C(=O)CCON=C2CC[C@@]3(C)C(=CCC4C3CC[C@@]3(C)C4CC[C@@H]3[C@H](C)CCCC(C)C)C2)C1. The van der Waals surface area contributed by atoms with Gasteiger partial charge in [0.05, 0.1) is 52.0 Å². The molecule has 1 aliphatic heterocycles. The van der Waals surface area contributed by atoms with Crippen molar-refractivity contribution in [2.75, 3.05) is 41.0 Å². The molecule has 0 radical (unpaired) electrons. The van der Waals surface area contributed by atoms with Crippen molar-refractivity contribution < 1.29 is 38.2 Å². The van der Waals surface area contributed by atoms with Crippen LogP contribution >= 0.6 is 0 Å². The zero-order chi connectivity index (χ0) is 51.0. The summed E-state index contributed by atoms with van der Waals surface area (Å²) in [5.74, 6) is 5.35. The number of hydrogen-bond donors (Lipinski definition) is 1. The Labute approximate surface area is 430 Å². The molecule has 3 aromatic rings. The van der Waals surface area contributed by atoms with Gasteiger partial charge < -0.3 is 34.0 Å². The van der Waals surface area contributed by atoms with Crippen molar-refractivity contribution in [3.63, 3.8) is 0 Å². The first kappa shape index (κ1) is 53.1. The summed E-state index contributed by atoms with van der Waals surface area (Å²) in [4.78, 5) is 47.2. The topological polar surface area (TPSA) is 125 Å². The fourth-order valence-electron chi connectivity index (χ4n) is 14.3. The first-order chi connectivity index (χ1) is 34.7. The third kappa shape index (κ3) is 11.3. The number of benzene rings is 3. The maximum absolute atomic E-state index is 14.4. The smallest absolute Gasteiger partial charge is 0.306 e. The van der Waals surface area contributed by atoms with Crippen molar-refractivity contribution in [2.45, 2.75) is 149 Å². The molecule has 2 amide bonds. The number of carbonyl (C=O) groups is 3. The number of allylic oxidation sites excluding steroid dienone is 2. The Morgan fingerprint density at radius 2 is 1.50 bits per heavy atom. The largest absolute Gasteiger partial charge is 0.497 e. The first-order valence-electron chi connectivity index (χ1n) is 27.3. The van der Waals surface area contributed by atoms with Gasteiger partial charge in [0.25, 0.3) is 0 Å². The molecule has 72 heavy (non-hydrogen) atoms. The third-order valence-electron chi connectivity index (χ3n) is 18.3. The number of hydrogen-bond acceptors (Lipinski definition) is 9. The van der Waals surface area contributed by atoms with Gasteiger partial charge in [-0.25, -0.2) is 0 Å². The van der Waals surface area contributed by atoms with E-state index in [4.69, 9.17) is 28.9 Å². The highest BCUT2D eigenvalue weighted by atomic mass is 16.6. The third-order valence-corrected chi connectivity index (χ3v) is 18.3. The predicted molar refractivity (Wildman–Crippen MR) is 283 cm³/mol. The zero-order valence-electron chi connectivity index (χ0n) is 44.6. The molecule has 1 N–H and O–H groups in total. The summed E-state index contributed by atoms with van der Waals surface area (Å²) in [7, 11) is 4.82. The number of oxime groups is 1. The Morgan fingerprint density at radius 3 is 2.15 bits per heavy atom. The fourth-order valence-corrected chi connectivity index (χ4v) is 14.3. The summed E-state index contributed by atoms with van der Waals surface area (Å²) >= 11 is 0. The lowest BCUT2D eigenvalue weighted by atomic mass is 9.47. The van der Waals surface area contributed by atoms with E-state index in [0.29, 0.717) is 23.3 Å². The molecular formula is C61H83N3O8. The highest BCUT2D eigenvalue weighted by Crippen LogP contribution is 2.67. The van der Waals surface area contributed by atoms with Crippen LogP contribution in [0.5, 0.6) is 11.5 Å². The Hall–Kier alpha value is -5.16. The summed E-state index contributed by atoms with van der Waals surface area (Å²) in [5.41, 5.74) is 4.80. The number of nitrogens with zero attached hydrogens (tertiary/aromatic N) is 2. The molecule has 0 aromatic heterocycles. The maximum Gasteiger partial charge on any atom is 0.306 e. The average Bonchev–Trinajstić information content (AvgIpc) is 3.97. The normalized spacial score (nSPS) is 27.8. The van der Waals surface area contributed by atoms with Crippen molar-refractivity contribution in [3.8, 4) is 11.5 Å². The molecule has 11 heteroatoms. The average molecular weight is 986 g/mol. The Kier molecular flexibility index (Phi) is 17.2. The Balaban J connectivity index is 0.946. The van der Waals surface area contributed by atoms with Gasteiger partial charge in [-0.05, 0) is 132 Å². The van der Waals surface area contributed by atoms with E-state index in [-0.39, 0.29) is 56.3 Å². The van der Waals surface area contributed by atoms with Crippen molar-refractivity contribution in [1.29, 1.82) is 0 Å². The van der Waals surface area contributed by atoms with Crippen molar-refractivity contribution in [2.24, 2.45) is 51.5 Å². The van der Waals surface area contributed by atoms with Crippen molar-refractivity contribution in [3.05, 3.63) is 107 Å². The van der Waals surface area contributed by atoms with E-state index in [2.05, 4.69) is 46.0 Å². The minimum atomic E-state index is -1.11. The van der Waals surface area contributed by atoms with E-state index in [1.807, 2.05) is 78.9 Å². The lowest BCUT2D eigenvalue weighted by Gasteiger charge is -2.58. The van der Waals surface area contributed by atoms with E-state index in [0.717, 1.165) is 77.2 Å². The zero-order valence-corrected chi connectivity index (χ0v) is 44.6. The molecular weight excluding hydrogens is 903 g/mol. The minimum Gasteiger partial charge on any atom is -0.497 e. The molecule has 4 aliphatic carbocycles. The van der Waals surface area contributed by atoms with Crippen LogP contribution in [0, 0.1) is 46.3 Å². The number of methoxy groups -OCH3 is 2. The minimum absolute atomic E-state index is 0.0244. The van der Waals surface area contributed by atoms with E-state index in [9.17, 15) is 14.4 Å². The number of ether oxygens (including phenoxy) is 4. The monoisotopic (exact) mass is 986 g/mol. The van der Waals surface area contributed by atoms with Crippen LogP contribution in [0.3, 0.4) is 0 Å². The number of amides is 2. The van der Waals surface area contributed by atoms with E-state index >= 15 is 0 Å². The van der Waals surface area contributed by atoms with Crippen LogP contribution in [0.2, 0.25) is 0 Å². The molecule has 1 heterocycles. The molecule has 11 nitrogen and oxygen atoms in total. The van der Waals surface area contributed by atoms with Crippen molar-refractivity contribution in [1.82, 2.24) is 10.2 Å². The molecule has 5 aliphatic rings. The van der Waals surface area contributed by atoms with E-state index in [1.165, 1.54) is 51.4 Å². The summed E-state index contributed by atoms with van der Waals surface area (Å²) in [5, 5.41) is 7.27. The van der Waals surface area contributed by atoms with Crippen LogP contribution in [0.1, 0.15) is 148 Å². The molecule has 1 saturated heterocycles. The van der Waals surface area contributed by atoms with Crippen LogP contribution < -0.4 is 14.8 Å². The lowest BCUT2D eigenvalue weighted by Crippen LogP contribution is -2.50. The second-order valence-corrected chi connectivity index (χ2v) is 22.7. The number of rotatable bonds is 21. The van der Waals surface area contributed by atoms with Crippen LogP contribution in [0.4, 0.5) is 0 Å². The molecule has 3 unspecified atom stereocenters. The second-order valence-electron chi connectivity index (χ2n) is 22.7. The number of likely N-dealkylation sites (tertiary alicyclic amines) is 1. The second kappa shape index (κ2) is 23.4. The molecule has 4 fully saturated rings. The molecule has 0 spiro atoms. The molecule has 3 aromatic carbocycles. The van der Waals surface area contributed by atoms with Gasteiger partial charge in [0.15, 0.2) is 0 Å². The van der Waals surface area contributed by atoms with Crippen LogP contribution in [-0.4, -0.2) is 81.6 Å². The van der Waals surface area contributed by atoms with Gasteiger partial charge in [0.1, 0.15) is 29.8 Å². The van der Waals surface area contributed by atoms with Gasteiger partial charge in [0, 0.05) is 26.3 Å². The number of carbonyl (C=O) groups excluding carboxylic acids is 3. The molecule has 8 rings (SSSR count). The van der Waals surface area contributed by atoms with Gasteiger partial charge in [-0.3, -0.25) is 14.4 Å².